The first-order chi connectivity index (χ1) is 8.90. The van der Waals surface area contributed by atoms with Crippen LogP contribution in [0.5, 0.6) is 5.75 Å². The Bertz CT molecular complexity index is 412. The first-order valence-electron chi connectivity index (χ1n) is 5.92. The molecule has 0 amide bonds. The van der Waals surface area contributed by atoms with Crippen LogP contribution < -0.4 is 4.74 Å². The summed E-state index contributed by atoms with van der Waals surface area (Å²) in [5, 5.41) is 0.564. The molecule has 108 valence electrons. The van der Waals surface area contributed by atoms with Crippen molar-refractivity contribution < 1.29 is 22.3 Å². The Kier molecular flexibility index (Phi) is 5.64. The van der Waals surface area contributed by atoms with E-state index in [2.05, 4.69) is 15.9 Å². The van der Waals surface area contributed by atoms with Crippen molar-refractivity contribution in [3.63, 3.8) is 0 Å². The summed E-state index contributed by atoms with van der Waals surface area (Å²) in [4.78, 5) is 0. The molecular formula is C13H15BrF4O. The fourth-order valence-corrected chi connectivity index (χ4v) is 2.54. The van der Waals surface area contributed by atoms with Crippen LogP contribution in [0.25, 0.3) is 0 Å². The van der Waals surface area contributed by atoms with Crippen LogP contribution in [0.3, 0.4) is 0 Å². The smallest absolute Gasteiger partial charge is 0.203 e. The van der Waals surface area contributed by atoms with E-state index >= 15 is 0 Å². The Morgan fingerprint density at radius 1 is 1.05 bits per heavy atom. The fourth-order valence-electron chi connectivity index (χ4n) is 1.58. The van der Waals surface area contributed by atoms with Gasteiger partial charge in [0.2, 0.25) is 11.6 Å². The molecule has 0 unspecified atom stereocenters. The summed E-state index contributed by atoms with van der Waals surface area (Å²) in [6.45, 7) is 3.79. The Hall–Kier alpha value is -0.780. The van der Waals surface area contributed by atoms with E-state index in [9.17, 15) is 17.6 Å². The zero-order valence-electron chi connectivity index (χ0n) is 10.7. The summed E-state index contributed by atoms with van der Waals surface area (Å²) in [5.74, 6) is -6.94. The highest BCUT2D eigenvalue weighted by molar-refractivity contribution is 9.09. The summed E-state index contributed by atoms with van der Waals surface area (Å²) in [7, 11) is 0. The van der Waals surface area contributed by atoms with Gasteiger partial charge in [0.25, 0.3) is 0 Å². The number of hydrogen-bond donors (Lipinski definition) is 0. The highest BCUT2D eigenvalue weighted by Crippen LogP contribution is 2.32. The third-order valence-electron chi connectivity index (χ3n) is 3.38. The Labute approximate surface area is 118 Å². The Morgan fingerprint density at radius 3 is 1.89 bits per heavy atom. The predicted molar refractivity (Wildman–Crippen MR) is 68.6 cm³/mol. The number of alkyl halides is 1. The number of halogens is 5. The summed E-state index contributed by atoms with van der Waals surface area (Å²) >= 11 is 3.32. The number of ether oxygens (including phenoxy) is 1. The minimum Gasteiger partial charge on any atom is -0.487 e. The van der Waals surface area contributed by atoms with Crippen LogP contribution >= 0.6 is 15.9 Å². The summed E-state index contributed by atoms with van der Waals surface area (Å²) < 4.78 is 57.9. The molecule has 6 heteroatoms. The van der Waals surface area contributed by atoms with Gasteiger partial charge in [-0.25, -0.2) is 8.78 Å². The number of rotatable bonds is 6. The summed E-state index contributed by atoms with van der Waals surface area (Å²) in [6.07, 6.45) is 1.41. The molecule has 1 aromatic rings. The summed E-state index contributed by atoms with van der Waals surface area (Å²) in [6, 6.07) is 0.162. The highest BCUT2D eigenvalue weighted by atomic mass is 79.9. The fraction of sp³-hybridized carbons (Fsp3) is 0.538. The minimum absolute atomic E-state index is 0.0258. The maximum absolute atomic E-state index is 13.4. The van der Waals surface area contributed by atoms with Gasteiger partial charge in [-0.2, -0.15) is 8.78 Å². The van der Waals surface area contributed by atoms with Gasteiger partial charge in [-0.05, 0) is 12.8 Å². The molecule has 0 aromatic heterocycles. The lowest BCUT2D eigenvalue weighted by Gasteiger charge is -2.29. The van der Waals surface area contributed by atoms with Gasteiger partial charge in [-0.15, -0.1) is 0 Å². The molecule has 19 heavy (non-hydrogen) atoms. The van der Waals surface area contributed by atoms with Crippen LogP contribution in [0.15, 0.2) is 6.07 Å². The zero-order chi connectivity index (χ0) is 14.6. The van der Waals surface area contributed by atoms with Crippen molar-refractivity contribution in [3.05, 3.63) is 29.3 Å². The van der Waals surface area contributed by atoms with E-state index in [1.807, 2.05) is 13.8 Å². The molecule has 0 N–H and O–H groups in total. The van der Waals surface area contributed by atoms with Crippen molar-refractivity contribution in [1.82, 2.24) is 0 Å². The first-order valence-corrected chi connectivity index (χ1v) is 7.04. The molecule has 0 radical (unpaired) electrons. The van der Waals surface area contributed by atoms with Gasteiger partial charge in [-0.3, -0.25) is 0 Å². The van der Waals surface area contributed by atoms with Gasteiger partial charge in [0, 0.05) is 16.8 Å². The average Bonchev–Trinajstić information content (AvgIpc) is 2.41. The van der Waals surface area contributed by atoms with Crippen molar-refractivity contribution in [2.24, 2.45) is 5.41 Å². The standard InChI is InChI=1S/C13H15BrF4O/c1-3-13(4-2,6-14)7-19-12-10(17)8(15)5-9(16)11(12)18/h5H,3-4,6-7H2,1-2H3. The normalized spacial score (nSPS) is 11.7. The third-order valence-corrected chi connectivity index (χ3v) is 4.57. The van der Waals surface area contributed by atoms with Gasteiger partial charge in [0.05, 0.1) is 6.61 Å². The largest absolute Gasteiger partial charge is 0.487 e. The second kappa shape index (κ2) is 6.59. The van der Waals surface area contributed by atoms with Crippen LogP contribution in [0, 0.1) is 28.7 Å². The molecule has 0 heterocycles. The quantitative estimate of drug-likeness (QED) is 0.409. The van der Waals surface area contributed by atoms with Crippen LogP contribution in [-0.4, -0.2) is 11.9 Å². The van der Waals surface area contributed by atoms with Gasteiger partial charge < -0.3 is 4.74 Å². The Balaban J connectivity index is 3.01. The highest BCUT2D eigenvalue weighted by Gasteiger charge is 2.28. The molecule has 0 aliphatic rings. The molecule has 0 aliphatic heterocycles. The van der Waals surface area contributed by atoms with Crippen molar-refractivity contribution in [2.45, 2.75) is 26.7 Å². The molecule has 1 rings (SSSR count). The molecule has 0 atom stereocenters. The molecule has 0 bridgehead atoms. The second-order valence-electron chi connectivity index (χ2n) is 4.43. The van der Waals surface area contributed by atoms with Crippen LogP contribution in [0.4, 0.5) is 17.6 Å². The minimum atomic E-state index is -1.51. The SMILES string of the molecule is CCC(CC)(CBr)COc1c(F)c(F)cc(F)c1F. The third kappa shape index (κ3) is 3.41. The second-order valence-corrected chi connectivity index (χ2v) is 4.99. The van der Waals surface area contributed by atoms with E-state index in [1.54, 1.807) is 0 Å². The van der Waals surface area contributed by atoms with Crippen LogP contribution in [-0.2, 0) is 0 Å². The lowest BCUT2D eigenvalue weighted by Crippen LogP contribution is -2.29. The topological polar surface area (TPSA) is 9.23 Å². The van der Waals surface area contributed by atoms with E-state index in [1.165, 1.54) is 0 Å². The first kappa shape index (κ1) is 16.3. The zero-order valence-corrected chi connectivity index (χ0v) is 12.3. The molecule has 0 saturated heterocycles. The average molecular weight is 343 g/mol. The number of benzene rings is 1. The van der Waals surface area contributed by atoms with Gasteiger partial charge in [-0.1, -0.05) is 29.8 Å². The Morgan fingerprint density at radius 2 is 1.53 bits per heavy atom. The van der Waals surface area contributed by atoms with Crippen LogP contribution in [0.1, 0.15) is 26.7 Å². The monoisotopic (exact) mass is 342 g/mol. The molecular weight excluding hydrogens is 328 g/mol. The lowest BCUT2D eigenvalue weighted by atomic mass is 9.86. The maximum Gasteiger partial charge on any atom is 0.203 e. The molecule has 1 nitrogen and oxygen atoms in total. The predicted octanol–water partition coefficient (Wildman–Crippen LogP) is 4.82. The van der Waals surface area contributed by atoms with Gasteiger partial charge >= 0.3 is 0 Å². The van der Waals surface area contributed by atoms with Gasteiger partial charge in [0.15, 0.2) is 17.4 Å². The summed E-state index contributed by atoms with van der Waals surface area (Å²) in [5.41, 5.74) is -0.332. The molecule has 1 aromatic carbocycles. The van der Waals surface area contributed by atoms with E-state index in [0.717, 1.165) is 0 Å². The van der Waals surface area contributed by atoms with Crippen molar-refractivity contribution in [3.8, 4) is 5.75 Å². The molecule has 0 fully saturated rings. The number of hydrogen-bond acceptors (Lipinski definition) is 1. The molecule has 0 spiro atoms. The van der Waals surface area contributed by atoms with E-state index in [0.29, 0.717) is 18.2 Å². The van der Waals surface area contributed by atoms with E-state index in [-0.39, 0.29) is 18.1 Å². The van der Waals surface area contributed by atoms with Crippen molar-refractivity contribution in [1.29, 1.82) is 0 Å². The lowest BCUT2D eigenvalue weighted by molar-refractivity contribution is 0.145. The van der Waals surface area contributed by atoms with E-state index in [4.69, 9.17) is 4.74 Å². The maximum atomic E-state index is 13.4. The molecule has 0 saturated carbocycles. The van der Waals surface area contributed by atoms with Crippen LogP contribution in [0.2, 0.25) is 0 Å². The van der Waals surface area contributed by atoms with E-state index < -0.39 is 29.0 Å². The molecule has 0 aliphatic carbocycles. The van der Waals surface area contributed by atoms with Crippen molar-refractivity contribution >= 4 is 15.9 Å². The van der Waals surface area contributed by atoms with Gasteiger partial charge in [0.1, 0.15) is 0 Å². The van der Waals surface area contributed by atoms with Crippen molar-refractivity contribution in [2.75, 3.05) is 11.9 Å².